The maximum Gasteiger partial charge on any atom is 0.159 e. The number of benzene rings is 12. The lowest BCUT2D eigenvalue weighted by molar-refractivity contribution is 0.445. The fraction of sp³-hybridized carbons (Fsp3) is 0.238. The van der Waals surface area contributed by atoms with E-state index in [1.54, 1.807) is 0 Å². The number of hydrogen-bond acceptors (Lipinski definition) is 4. The van der Waals surface area contributed by atoms with Crippen LogP contribution < -0.4 is 9.80 Å². The highest BCUT2D eigenvalue weighted by atomic mass is 16.3. The molecular weight excluding hydrogens is 1070 g/mol. The van der Waals surface area contributed by atoms with Crippen molar-refractivity contribution < 1.29 is 8.83 Å². The zero-order valence-corrected chi connectivity index (χ0v) is 51.7. The van der Waals surface area contributed by atoms with Crippen LogP contribution >= 0.6 is 0 Å². The summed E-state index contributed by atoms with van der Waals surface area (Å²) in [4.78, 5) is 5.17. The Morgan fingerprint density at radius 2 is 0.682 bits per heavy atom. The van der Waals surface area contributed by atoms with Crippen molar-refractivity contribution in [1.82, 2.24) is 0 Å². The Kier molecular flexibility index (Phi) is 13.5. The molecule has 2 saturated carbocycles. The van der Waals surface area contributed by atoms with Gasteiger partial charge in [0, 0.05) is 54.8 Å². The summed E-state index contributed by atoms with van der Waals surface area (Å²) in [6.45, 7) is 13.7. The largest absolute Gasteiger partial charge is 0.453 e. The third kappa shape index (κ3) is 8.91. The molecule has 0 spiro atoms. The summed E-state index contributed by atoms with van der Waals surface area (Å²) in [5.74, 6) is 1.51. The minimum Gasteiger partial charge on any atom is -0.453 e. The van der Waals surface area contributed by atoms with Gasteiger partial charge >= 0.3 is 0 Å². The molecule has 0 saturated heterocycles. The highest BCUT2D eigenvalue weighted by molar-refractivity contribution is 6.30. The van der Waals surface area contributed by atoms with E-state index in [4.69, 9.17) is 8.83 Å². The van der Waals surface area contributed by atoms with Crippen LogP contribution in [-0.2, 0) is 0 Å². The van der Waals surface area contributed by atoms with Gasteiger partial charge in [-0.3, -0.25) is 0 Å². The first-order valence-corrected chi connectivity index (χ1v) is 32.8. The molecule has 0 N–H and O–H groups in total. The molecule has 12 aromatic carbocycles. The Balaban J connectivity index is 1.02. The highest BCUT2D eigenvalue weighted by Crippen LogP contribution is 2.55. The molecule has 0 radical (unpaired) electrons. The van der Waals surface area contributed by atoms with Crippen molar-refractivity contribution in [2.45, 2.75) is 129 Å². The fourth-order valence-corrected chi connectivity index (χ4v) is 15.9. The molecule has 2 fully saturated rings. The van der Waals surface area contributed by atoms with E-state index in [2.05, 4.69) is 258 Å². The van der Waals surface area contributed by atoms with Crippen LogP contribution in [0.1, 0.15) is 149 Å². The Morgan fingerprint density at radius 3 is 1.09 bits per heavy atom. The summed E-state index contributed by atoms with van der Waals surface area (Å²) < 4.78 is 14.9. The molecular formula is C84H76N2O2. The first-order valence-electron chi connectivity index (χ1n) is 32.8. The summed E-state index contributed by atoms with van der Waals surface area (Å²) >= 11 is 0. The second kappa shape index (κ2) is 21.9. The molecule has 0 aliphatic heterocycles. The molecule has 0 bridgehead atoms. The smallest absolute Gasteiger partial charge is 0.159 e. The molecule has 434 valence electrons. The monoisotopic (exact) mass is 1140 g/mol. The van der Waals surface area contributed by atoms with Crippen molar-refractivity contribution in [2.24, 2.45) is 0 Å². The maximum absolute atomic E-state index is 7.46. The van der Waals surface area contributed by atoms with Crippen LogP contribution in [-0.4, -0.2) is 0 Å². The van der Waals surface area contributed by atoms with E-state index in [-0.39, 0.29) is 0 Å². The standard InChI is InChI=1S/C84H76N2O2/c1-51(2)57-29-17-31-59(47-57)85(75-41-21-39-69-67-37-19-35-65(81(67)87-83(69)75)61-33-15-13-23-53(61)5)77-49-73(55-25-9-7-10-26-55)63-44-46-72-78(50-74(56-27-11-8-12-28-56)64-43-45-71(77)79(63)80(64)72)86(60-32-18-30-58(48-60)52(3)4)76-42-22-40-70-68-38-20-36-66(82(68)88-84(70)76)62-34-16-14-24-54(62)6/h13-24,29-52,55-56H,7-12,25-28H2,1-6H3. The summed E-state index contributed by atoms with van der Waals surface area (Å²) in [5.41, 5.74) is 23.0. The molecule has 4 nitrogen and oxygen atoms in total. The first kappa shape index (κ1) is 54.3. The van der Waals surface area contributed by atoms with Gasteiger partial charge in [0.25, 0.3) is 0 Å². The van der Waals surface area contributed by atoms with E-state index in [0.717, 1.165) is 77.8 Å². The number of aryl methyl sites for hydroxylation is 2. The van der Waals surface area contributed by atoms with Crippen LogP contribution in [0.5, 0.6) is 0 Å². The van der Waals surface area contributed by atoms with Gasteiger partial charge in [-0.25, -0.2) is 0 Å². The van der Waals surface area contributed by atoms with Crippen molar-refractivity contribution in [2.75, 3.05) is 9.80 Å². The highest BCUT2D eigenvalue weighted by Gasteiger charge is 2.32. The second-order valence-corrected chi connectivity index (χ2v) is 26.4. The summed E-state index contributed by atoms with van der Waals surface area (Å²) in [7, 11) is 0. The average molecular weight is 1150 g/mol. The molecule has 2 aromatic heterocycles. The van der Waals surface area contributed by atoms with E-state index >= 15 is 0 Å². The molecule has 0 unspecified atom stereocenters. The molecule has 14 aromatic rings. The Labute approximate surface area is 517 Å². The molecule has 4 heteroatoms. The molecule has 2 aliphatic carbocycles. The first-order chi connectivity index (χ1) is 43.2. The van der Waals surface area contributed by atoms with Gasteiger partial charge in [0.2, 0.25) is 0 Å². The van der Waals surface area contributed by atoms with Crippen LogP contribution in [0, 0.1) is 13.8 Å². The number of rotatable bonds is 12. The predicted octanol–water partition coefficient (Wildman–Crippen LogP) is 25.6. The summed E-state index contributed by atoms with van der Waals surface area (Å²) in [6.07, 6.45) is 12.2. The van der Waals surface area contributed by atoms with Crippen molar-refractivity contribution in [3.63, 3.8) is 0 Å². The maximum atomic E-state index is 7.46. The molecule has 0 atom stereocenters. The van der Waals surface area contributed by atoms with Gasteiger partial charge in [-0.1, -0.05) is 224 Å². The van der Waals surface area contributed by atoms with Crippen LogP contribution in [0.25, 0.3) is 98.4 Å². The van der Waals surface area contributed by atoms with Crippen LogP contribution in [0.2, 0.25) is 0 Å². The van der Waals surface area contributed by atoms with E-state index in [0.29, 0.717) is 23.7 Å². The minimum atomic E-state index is 0.334. The van der Waals surface area contributed by atoms with Crippen LogP contribution in [0.3, 0.4) is 0 Å². The van der Waals surface area contributed by atoms with Crippen molar-refractivity contribution in [3.05, 3.63) is 240 Å². The number of nitrogens with zero attached hydrogens (tertiary/aromatic N) is 2. The van der Waals surface area contributed by atoms with Crippen LogP contribution in [0.4, 0.5) is 34.1 Å². The zero-order valence-electron chi connectivity index (χ0n) is 51.7. The van der Waals surface area contributed by atoms with Gasteiger partial charge < -0.3 is 18.6 Å². The van der Waals surface area contributed by atoms with Gasteiger partial charge in [0.05, 0.1) is 22.7 Å². The predicted molar refractivity (Wildman–Crippen MR) is 374 cm³/mol. The summed E-state index contributed by atoms with van der Waals surface area (Å²) in [5, 5.41) is 12.5. The van der Waals surface area contributed by atoms with E-state index in [1.165, 1.54) is 152 Å². The lowest BCUT2D eigenvalue weighted by Gasteiger charge is -2.33. The quantitative estimate of drug-likeness (QED) is 0.114. The van der Waals surface area contributed by atoms with Crippen molar-refractivity contribution in [3.8, 4) is 22.3 Å². The number of para-hydroxylation sites is 4. The molecule has 2 aliphatic rings. The average Bonchev–Trinajstić information content (AvgIpc) is 1.48. The molecule has 2 heterocycles. The summed E-state index contributed by atoms with van der Waals surface area (Å²) in [6, 6.07) is 78.4. The van der Waals surface area contributed by atoms with Crippen molar-refractivity contribution in [1.29, 1.82) is 0 Å². The van der Waals surface area contributed by atoms with Gasteiger partial charge in [0.1, 0.15) is 11.2 Å². The minimum absolute atomic E-state index is 0.334. The number of furan rings is 2. The van der Waals surface area contributed by atoms with E-state index in [9.17, 15) is 0 Å². The lowest BCUT2D eigenvalue weighted by atomic mass is 9.77. The van der Waals surface area contributed by atoms with Crippen LogP contribution in [0.15, 0.2) is 215 Å². The number of anilines is 6. The molecule has 16 rings (SSSR count). The third-order valence-electron chi connectivity index (χ3n) is 20.4. The third-order valence-corrected chi connectivity index (χ3v) is 20.4. The fourth-order valence-electron chi connectivity index (χ4n) is 15.9. The van der Waals surface area contributed by atoms with Gasteiger partial charge in [-0.15, -0.1) is 0 Å². The van der Waals surface area contributed by atoms with Gasteiger partial charge in [-0.2, -0.15) is 0 Å². The SMILES string of the molecule is Cc1ccccc1-c1cccc2c1oc1c(N(c3cccc(C(C)C)c3)c3cc(C4CCCCC4)c4ccc5c(N(c6cccc(C(C)C)c6)c6cccc7c6oc6c(-c8ccccc8C)cccc67)cc(C6CCCCC6)c6ccc3c4c65)cccc12. The normalized spacial score (nSPS) is 14.6. The second-order valence-electron chi connectivity index (χ2n) is 26.4. The zero-order chi connectivity index (χ0) is 59.3. The number of hydrogen-bond donors (Lipinski definition) is 0. The Bertz CT molecular complexity index is 4690. The number of fused-ring (bicyclic) bond motifs is 6. The van der Waals surface area contributed by atoms with Crippen molar-refractivity contribution >= 4 is 110 Å². The molecule has 0 amide bonds. The Hall–Kier alpha value is -9.12. The lowest BCUT2D eigenvalue weighted by Crippen LogP contribution is -2.15. The molecule has 88 heavy (non-hydrogen) atoms. The van der Waals surface area contributed by atoms with E-state index < -0.39 is 0 Å². The van der Waals surface area contributed by atoms with Gasteiger partial charge in [-0.05, 0) is 178 Å². The van der Waals surface area contributed by atoms with Gasteiger partial charge in [0.15, 0.2) is 11.2 Å². The van der Waals surface area contributed by atoms with E-state index in [1.807, 2.05) is 0 Å². The topological polar surface area (TPSA) is 32.8 Å². The Morgan fingerprint density at radius 1 is 0.318 bits per heavy atom.